The number of benzene rings is 1. The van der Waals surface area contributed by atoms with Crippen molar-refractivity contribution < 1.29 is 17.9 Å². The van der Waals surface area contributed by atoms with Crippen molar-refractivity contribution in [2.45, 2.75) is 95.1 Å². The van der Waals surface area contributed by atoms with Gasteiger partial charge in [-0.3, -0.25) is 0 Å². The molecular formula is C23H35F3OSi. The average molecular weight is 413 g/mol. The Morgan fingerprint density at radius 1 is 0.893 bits per heavy atom. The predicted octanol–water partition coefficient (Wildman–Crippen LogP) is 7.69. The molecule has 1 saturated carbocycles. The molecular weight excluding hydrogens is 377 g/mol. The Labute approximate surface area is 169 Å². The van der Waals surface area contributed by atoms with Gasteiger partial charge < -0.3 is 4.74 Å². The van der Waals surface area contributed by atoms with Crippen molar-refractivity contribution in [1.82, 2.24) is 0 Å². The van der Waals surface area contributed by atoms with Crippen molar-refractivity contribution in [3.05, 3.63) is 29.8 Å². The molecule has 2 fully saturated rings. The molecule has 0 spiro atoms. The lowest BCUT2D eigenvalue weighted by Crippen LogP contribution is -2.22. The van der Waals surface area contributed by atoms with Gasteiger partial charge in [0.25, 0.3) is 0 Å². The molecule has 2 aliphatic rings. The van der Waals surface area contributed by atoms with E-state index in [0.717, 1.165) is 17.4 Å². The van der Waals surface area contributed by atoms with Gasteiger partial charge in [-0.1, -0.05) is 69.3 Å². The average Bonchev–Trinajstić information content (AvgIpc) is 2.68. The van der Waals surface area contributed by atoms with E-state index in [2.05, 4.69) is 11.7 Å². The molecule has 0 atom stereocenters. The summed E-state index contributed by atoms with van der Waals surface area (Å²) in [5, 5.41) is 0. The lowest BCUT2D eigenvalue weighted by atomic mass is 9.76. The molecule has 0 radical (unpaired) electrons. The minimum Gasteiger partial charge on any atom is -0.406 e. The smallest absolute Gasteiger partial charge is 0.406 e. The highest BCUT2D eigenvalue weighted by atomic mass is 28.3. The van der Waals surface area contributed by atoms with Crippen LogP contribution in [0.3, 0.4) is 0 Å². The van der Waals surface area contributed by atoms with E-state index in [0.29, 0.717) is 5.92 Å². The fourth-order valence-electron chi connectivity index (χ4n) is 5.41. The zero-order chi connectivity index (χ0) is 20.0. The molecule has 0 unspecified atom stereocenters. The first-order valence-corrected chi connectivity index (χ1v) is 13.7. The second-order valence-electron chi connectivity index (χ2n) is 9.09. The lowest BCUT2D eigenvalue weighted by Gasteiger charge is -2.32. The fraction of sp³-hybridized carbons (Fsp3) is 0.739. The number of alkyl halides is 3. The third kappa shape index (κ3) is 6.82. The Hall–Kier alpha value is -0.973. The maximum absolute atomic E-state index is 12.3. The van der Waals surface area contributed by atoms with Crippen LogP contribution >= 0.6 is 0 Å². The van der Waals surface area contributed by atoms with E-state index in [1.165, 1.54) is 69.9 Å². The zero-order valence-corrected chi connectivity index (χ0v) is 18.3. The molecule has 1 heterocycles. The first kappa shape index (κ1) is 21.7. The number of ether oxygens (including phenoxy) is 1. The van der Waals surface area contributed by atoms with Crippen molar-refractivity contribution in [2.24, 2.45) is 11.8 Å². The SMILES string of the molecule is CCC[SiH]1CCC(CCC2CCC(c3ccc(OC(F)(F)F)cc3)CC2)CC1. The van der Waals surface area contributed by atoms with Crippen molar-refractivity contribution in [2.75, 3.05) is 0 Å². The quantitative estimate of drug-likeness (QED) is 0.417. The maximum Gasteiger partial charge on any atom is 0.573 e. The van der Waals surface area contributed by atoms with Crippen molar-refractivity contribution in [3.63, 3.8) is 0 Å². The number of halogens is 3. The van der Waals surface area contributed by atoms with E-state index in [1.54, 1.807) is 18.1 Å². The minimum atomic E-state index is -4.61. The van der Waals surface area contributed by atoms with Crippen LogP contribution in [-0.4, -0.2) is 15.2 Å². The summed E-state index contributed by atoms with van der Waals surface area (Å²) in [7, 11) is -0.354. The summed E-state index contributed by atoms with van der Waals surface area (Å²) < 4.78 is 40.8. The van der Waals surface area contributed by atoms with E-state index in [1.807, 2.05) is 12.1 Å². The first-order valence-electron chi connectivity index (χ1n) is 11.3. The van der Waals surface area contributed by atoms with Gasteiger partial charge in [0, 0.05) is 8.80 Å². The van der Waals surface area contributed by atoms with Gasteiger partial charge in [0.2, 0.25) is 0 Å². The van der Waals surface area contributed by atoms with Crippen LogP contribution in [0.2, 0.25) is 18.1 Å². The van der Waals surface area contributed by atoms with E-state index in [9.17, 15) is 13.2 Å². The molecule has 1 nitrogen and oxygen atoms in total. The molecule has 1 saturated heterocycles. The van der Waals surface area contributed by atoms with Crippen LogP contribution in [0, 0.1) is 11.8 Å². The maximum atomic E-state index is 12.3. The second-order valence-corrected chi connectivity index (χ2v) is 12.6. The van der Waals surface area contributed by atoms with Crippen LogP contribution in [0.25, 0.3) is 0 Å². The van der Waals surface area contributed by atoms with E-state index in [-0.39, 0.29) is 14.5 Å². The summed E-state index contributed by atoms with van der Waals surface area (Å²) in [6, 6.07) is 11.2. The lowest BCUT2D eigenvalue weighted by molar-refractivity contribution is -0.274. The normalized spacial score (nSPS) is 28.9. The van der Waals surface area contributed by atoms with Gasteiger partial charge in [-0.25, -0.2) is 0 Å². The molecule has 1 aromatic carbocycles. The Kier molecular flexibility index (Phi) is 7.90. The molecule has 3 rings (SSSR count). The van der Waals surface area contributed by atoms with Crippen LogP contribution in [0.1, 0.15) is 76.2 Å². The molecule has 0 N–H and O–H groups in total. The molecule has 0 amide bonds. The second kappa shape index (κ2) is 10.2. The number of hydrogen-bond acceptors (Lipinski definition) is 1. The highest BCUT2D eigenvalue weighted by molar-refractivity contribution is 6.58. The standard InChI is InChI=1S/C23H35F3OSi/c1-2-15-28-16-13-19(14-17-28)4-3-18-5-7-20(8-6-18)21-9-11-22(12-10-21)27-23(24,25)26/h9-12,18-20,28H,2-8,13-17H2,1H3. The van der Waals surface area contributed by atoms with Gasteiger partial charge in [0.1, 0.15) is 5.75 Å². The topological polar surface area (TPSA) is 9.23 Å². The Balaban J connectivity index is 1.36. The van der Waals surface area contributed by atoms with Gasteiger partial charge in [-0.05, 0) is 61.1 Å². The predicted molar refractivity (Wildman–Crippen MR) is 112 cm³/mol. The van der Waals surface area contributed by atoms with Crippen molar-refractivity contribution in [3.8, 4) is 5.75 Å². The highest BCUT2D eigenvalue weighted by Crippen LogP contribution is 2.40. The van der Waals surface area contributed by atoms with E-state index in [4.69, 9.17) is 0 Å². The van der Waals surface area contributed by atoms with Gasteiger partial charge >= 0.3 is 6.36 Å². The van der Waals surface area contributed by atoms with Gasteiger partial charge in [0.15, 0.2) is 0 Å². The zero-order valence-electron chi connectivity index (χ0n) is 17.1. The minimum absolute atomic E-state index is 0.123. The van der Waals surface area contributed by atoms with Crippen LogP contribution in [0.4, 0.5) is 13.2 Å². The Bertz CT molecular complexity index is 571. The molecule has 28 heavy (non-hydrogen) atoms. The van der Waals surface area contributed by atoms with Gasteiger partial charge in [0.05, 0.1) is 0 Å². The monoisotopic (exact) mass is 412 g/mol. The fourth-order valence-corrected chi connectivity index (χ4v) is 8.98. The molecule has 5 heteroatoms. The summed E-state index contributed by atoms with van der Waals surface area (Å²) in [6.45, 7) is 2.33. The number of rotatable bonds is 7. The van der Waals surface area contributed by atoms with Crippen LogP contribution in [0.15, 0.2) is 24.3 Å². The molecule has 1 aliphatic carbocycles. The number of hydrogen-bond donors (Lipinski definition) is 0. The molecule has 1 aromatic rings. The molecule has 1 aliphatic heterocycles. The third-order valence-corrected chi connectivity index (χ3v) is 10.8. The van der Waals surface area contributed by atoms with Gasteiger partial charge in [-0.2, -0.15) is 0 Å². The van der Waals surface area contributed by atoms with E-state index < -0.39 is 6.36 Å². The largest absolute Gasteiger partial charge is 0.573 e. The molecule has 0 bridgehead atoms. The van der Waals surface area contributed by atoms with Crippen LogP contribution in [0.5, 0.6) is 5.75 Å². The molecule has 158 valence electrons. The summed E-state index contributed by atoms with van der Waals surface area (Å²) in [4.78, 5) is 0. The van der Waals surface area contributed by atoms with Gasteiger partial charge in [-0.15, -0.1) is 13.2 Å². The Morgan fingerprint density at radius 3 is 2.00 bits per heavy atom. The first-order chi connectivity index (χ1) is 13.4. The van der Waals surface area contributed by atoms with E-state index >= 15 is 0 Å². The summed E-state index contributed by atoms with van der Waals surface area (Å²) in [6.07, 6.45) is 7.45. The molecule has 0 aromatic heterocycles. The summed E-state index contributed by atoms with van der Waals surface area (Å²) in [5.74, 6) is 2.21. The van der Waals surface area contributed by atoms with Crippen molar-refractivity contribution in [1.29, 1.82) is 0 Å². The van der Waals surface area contributed by atoms with Crippen LogP contribution in [-0.2, 0) is 0 Å². The van der Waals surface area contributed by atoms with Crippen molar-refractivity contribution >= 4 is 8.80 Å². The summed E-state index contributed by atoms with van der Waals surface area (Å²) >= 11 is 0. The summed E-state index contributed by atoms with van der Waals surface area (Å²) in [5.41, 5.74) is 1.16. The highest BCUT2D eigenvalue weighted by Gasteiger charge is 2.31. The van der Waals surface area contributed by atoms with Crippen LogP contribution < -0.4 is 4.74 Å². The Morgan fingerprint density at radius 2 is 1.46 bits per heavy atom. The third-order valence-electron chi connectivity index (χ3n) is 7.08.